The molecule has 0 bridgehead atoms. The van der Waals surface area contributed by atoms with E-state index in [0.29, 0.717) is 0 Å². The molecule has 0 aromatic heterocycles. The third kappa shape index (κ3) is 3.39. The van der Waals surface area contributed by atoms with E-state index >= 15 is 0 Å². The fourth-order valence-electron chi connectivity index (χ4n) is 2.07. The Balaban J connectivity index is 1.99. The van der Waals surface area contributed by atoms with Crippen molar-refractivity contribution in [2.24, 2.45) is 5.92 Å². The number of methoxy groups -OCH3 is 1. The molecule has 1 aromatic rings. The molecule has 3 heteroatoms. The molecule has 2 nitrogen and oxygen atoms in total. The highest BCUT2D eigenvalue weighted by Gasteiger charge is 2.29. The van der Waals surface area contributed by atoms with E-state index in [4.69, 9.17) is 4.74 Å². The molecule has 1 heterocycles. The molecule has 1 aromatic carbocycles. The van der Waals surface area contributed by atoms with Crippen LogP contribution in [0.25, 0.3) is 0 Å². The molecular weight excluding hydrogens is 230 g/mol. The van der Waals surface area contributed by atoms with Crippen LogP contribution in [0.1, 0.15) is 19.4 Å². The first-order valence-corrected chi connectivity index (χ1v) is 7.12. The maximum absolute atomic E-state index is 5.18. The average molecular weight is 251 g/mol. The molecule has 1 N–H and O–H groups in total. The summed E-state index contributed by atoms with van der Waals surface area (Å²) in [5.74, 6) is 2.96. The van der Waals surface area contributed by atoms with Crippen LogP contribution in [0.4, 0.5) is 0 Å². The van der Waals surface area contributed by atoms with E-state index < -0.39 is 0 Å². The largest absolute Gasteiger partial charge is 0.497 e. The van der Waals surface area contributed by atoms with Crippen molar-refractivity contribution >= 4 is 11.8 Å². The standard InChI is InChI=1S/C14H21NOS/c1-11-9-15-14(2,17-10-11)8-12-4-6-13(16-3)7-5-12/h4-7,11,15H,8-10H2,1-3H3. The van der Waals surface area contributed by atoms with Crippen LogP contribution in [-0.4, -0.2) is 24.3 Å². The number of benzene rings is 1. The van der Waals surface area contributed by atoms with Gasteiger partial charge in [-0.25, -0.2) is 0 Å². The molecule has 1 aliphatic heterocycles. The van der Waals surface area contributed by atoms with E-state index in [-0.39, 0.29) is 4.87 Å². The first-order chi connectivity index (χ1) is 8.11. The quantitative estimate of drug-likeness (QED) is 0.892. The van der Waals surface area contributed by atoms with Crippen molar-refractivity contribution in [2.75, 3.05) is 19.4 Å². The van der Waals surface area contributed by atoms with Crippen molar-refractivity contribution < 1.29 is 4.74 Å². The summed E-state index contributed by atoms with van der Waals surface area (Å²) in [6, 6.07) is 8.39. The smallest absolute Gasteiger partial charge is 0.118 e. The highest BCUT2D eigenvalue weighted by atomic mass is 32.2. The summed E-state index contributed by atoms with van der Waals surface area (Å²) in [6.07, 6.45) is 1.06. The zero-order valence-corrected chi connectivity index (χ0v) is 11.6. The first-order valence-electron chi connectivity index (χ1n) is 6.13. The maximum atomic E-state index is 5.18. The van der Waals surface area contributed by atoms with E-state index in [1.54, 1.807) is 7.11 Å². The zero-order valence-electron chi connectivity index (χ0n) is 10.8. The summed E-state index contributed by atoms with van der Waals surface area (Å²) in [7, 11) is 1.70. The molecule has 94 valence electrons. The van der Waals surface area contributed by atoms with Gasteiger partial charge in [-0.15, -0.1) is 11.8 Å². The van der Waals surface area contributed by atoms with Gasteiger partial charge in [0.1, 0.15) is 5.75 Å². The molecule has 2 rings (SSSR count). The minimum absolute atomic E-state index is 0.182. The van der Waals surface area contributed by atoms with E-state index in [0.717, 1.165) is 24.6 Å². The van der Waals surface area contributed by atoms with Gasteiger partial charge in [-0.05, 0) is 49.3 Å². The van der Waals surface area contributed by atoms with Crippen LogP contribution in [0.5, 0.6) is 5.75 Å². The minimum Gasteiger partial charge on any atom is -0.497 e. The molecule has 1 aliphatic rings. The lowest BCUT2D eigenvalue weighted by molar-refractivity contribution is 0.413. The van der Waals surface area contributed by atoms with Crippen molar-refractivity contribution in [3.8, 4) is 5.75 Å². The van der Waals surface area contributed by atoms with Gasteiger partial charge in [0, 0.05) is 0 Å². The Labute approximate surface area is 108 Å². The SMILES string of the molecule is COc1ccc(CC2(C)NCC(C)CS2)cc1. The van der Waals surface area contributed by atoms with Crippen LogP contribution >= 0.6 is 11.8 Å². The highest BCUT2D eigenvalue weighted by molar-refractivity contribution is 8.00. The Morgan fingerprint density at radius 1 is 1.41 bits per heavy atom. The van der Waals surface area contributed by atoms with Gasteiger partial charge in [-0.1, -0.05) is 19.1 Å². The van der Waals surface area contributed by atoms with Gasteiger partial charge in [0.25, 0.3) is 0 Å². The maximum Gasteiger partial charge on any atom is 0.118 e. The Hall–Kier alpha value is -0.670. The molecule has 2 atom stereocenters. The lowest BCUT2D eigenvalue weighted by Crippen LogP contribution is -2.48. The predicted octanol–water partition coefficient (Wildman–Crippen LogP) is 2.93. The second kappa shape index (κ2) is 5.32. The summed E-state index contributed by atoms with van der Waals surface area (Å²) in [6.45, 7) is 5.72. The monoisotopic (exact) mass is 251 g/mol. The van der Waals surface area contributed by atoms with Crippen LogP contribution in [0.3, 0.4) is 0 Å². The summed E-state index contributed by atoms with van der Waals surface area (Å²) >= 11 is 2.04. The molecule has 0 radical (unpaired) electrons. The lowest BCUT2D eigenvalue weighted by atomic mass is 10.1. The summed E-state index contributed by atoms with van der Waals surface area (Å²) in [5, 5.41) is 3.65. The molecular formula is C14H21NOS. The molecule has 0 saturated carbocycles. The van der Waals surface area contributed by atoms with Gasteiger partial charge in [0.05, 0.1) is 12.0 Å². The molecule has 17 heavy (non-hydrogen) atoms. The molecule has 0 amide bonds. The molecule has 0 aliphatic carbocycles. The van der Waals surface area contributed by atoms with Crippen LogP contribution in [0, 0.1) is 5.92 Å². The average Bonchev–Trinajstić information content (AvgIpc) is 2.34. The van der Waals surface area contributed by atoms with Crippen molar-refractivity contribution in [2.45, 2.75) is 25.1 Å². The summed E-state index contributed by atoms with van der Waals surface area (Å²) < 4.78 is 5.18. The number of hydrogen-bond donors (Lipinski definition) is 1. The third-order valence-corrected chi connectivity index (χ3v) is 4.87. The first kappa shape index (κ1) is 12.8. The minimum atomic E-state index is 0.182. The fourth-order valence-corrected chi connectivity index (χ4v) is 3.30. The van der Waals surface area contributed by atoms with Gasteiger partial charge in [0.15, 0.2) is 0 Å². The third-order valence-electron chi connectivity index (χ3n) is 3.21. The Kier molecular flexibility index (Phi) is 4.00. The van der Waals surface area contributed by atoms with Crippen molar-refractivity contribution in [1.29, 1.82) is 0 Å². The van der Waals surface area contributed by atoms with Gasteiger partial charge < -0.3 is 10.1 Å². The molecule has 0 spiro atoms. The Morgan fingerprint density at radius 3 is 2.65 bits per heavy atom. The number of hydrogen-bond acceptors (Lipinski definition) is 3. The second-order valence-corrected chi connectivity index (χ2v) is 6.58. The second-order valence-electron chi connectivity index (χ2n) is 5.05. The Morgan fingerprint density at radius 2 is 2.12 bits per heavy atom. The number of ether oxygens (including phenoxy) is 1. The van der Waals surface area contributed by atoms with Crippen LogP contribution in [0.2, 0.25) is 0 Å². The van der Waals surface area contributed by atoms with E-state index in [1.807, 2.05) is 23.9 Å². The van der Waals surface area contributed by atoms with Crippen molar-refractivity contribution in [3.63, 3.8) is 0 Å². The zero-order chi connectivity index (χ0) is 12.3. The summed E-state index contributed by atoms with van der Waals surface area (Å²) in [5.41, 5.74) is 1.36. The number of thioether (sulfide) groups is 1. The van der Waals surface area contributed by atoms with Crippen LogP contribution in [-0.2, 0) is 6.42 Å². The van der Waals surface area contributed by atoms with Crippen LogP contribution in [0.15, 0.2) is 24.3 Å². The van der Waals surface area contributed by atoms with Crippen molar-refractivity contribution in [1.82, 2.24) is 5.32 Å². The van der Waals surface area contributed by atoms with Gasteiger partial charge >= 0.3 is 0 Å². The Bertz CT molecular complexity index is 355. The van der Waals surface area contributed by atoms with E-state index in [2.05, 4.69) is 31.3 Å². The van der Waals surface area contributed by atoms with E-state index in [1.165, 1.54) is 11.3 Å². The van der Waals surface area contributed by atoms with Crippen LogP contribution < -0.4 is 10.1 Å². The van der Waals surface area contributed by atoms with Gasteiger partial charge in [-0.2, -0.15) is 0 Å². The van der Waals surface area contributed by atoms with E-state index in [9.17, 15) is 0 Å². The number of rotatable bonds is 3. The molecule has 2 unspecified atom stereocenters. The fraction of sp³-hybridized carbons (Fsp3) is 0.571. The number of nitrogens with one attached hydrogen (secondary N) is 1. The molecule has 1 fully saturated rings. The lowest BCUT2D eigenvalue weighted by Gasteiger charge is -2.37. The highest BCUT2D eigenvalue weighted by Crippen LogP contribution is 2.32. The van der Waals surface area contributed by atoms with Gasteiger partial charge in [-0.3, -0.25) is 0 Å². The molecule has 1 saturated heterocycles. The topological polar surface area (TPSA) is 21.3 Å². The van der Waals surface area contributed by atoms with Gasteiger partial charge in [0.2, 0.25) is 0 Å². The summed E-state index contributed by atoms with van der Waals surface area (Å²) in [4.78, 5) is 0.182. The van der Waals surface area contributed by atoms with Crippen molar-refractivity contribution in [3.05, 3.63) is 29.8 Å². The normalized spacial score (nSPS) is 29.0. The predicted molar refractivity (Wildman–Crippen MR) is 74.7 cm³/mol.